The molecular formula is C31H40ClF2N3O2. The van der Waals surface area contributed by atoms with Crippen molar-refractivity contribution in [2.75, 3.05) is 32.7 Å². The second-order valence-corrected chi connectivity index (χ2v) is 12.3. The first-order valence-electron chi connectivity index (χ1n) is 14.0. The van der Waals surface area contributed by atoms with E-state index in [0.29, 0.717) is 49.7 Å². The summed E-state index contributed by atoms with van der Waals surface area (Å²) in [6.45, 7) is 10.7. The Labute approximate surface area is 236 Å². The van der Waals surface area contributed by atoms with Crippen LogP contribution in [0.15, 0.2) is 42.5 Å². The van der Waals surface area contributed by atoms with E-state index < -0.39 is 17.6 Å². The monoisotopic (exact) mass is 559 g/mol. The molecule has 2 aromatic carbocycles. The lowest BCUT2D eigenvalue weighted by molar-refractivity contribution is -0.140. The topological polar surface area (TPSA) is 43.9 Å². The van der Waals surface area contributed by atoms with Crippen LogP contribution in [0, 0.1) is 17.6 Å². The Morgan fingerprint density at radius 2 is 1.72 bits per heavy atom. The molecule has 0 N–H and O–H groups in total. The van der Waals surface area contributed by atoms with E-state index in [9.17, 15) is 18.4 Å². The molecule has 2 aromatic rings. The van der Waals surface area contributed by atoms with Crippen LogP contribution in [0.4, 0.5) is 8.78 Å². The summed E-state index contributed by atoms with van der Waals surface area (Å²) in [4.78, 5) is 33.3. The molecule has 8 heteroatoms. The van der Waals surface area contributed by atoms with Crippen LogP contribution in [-0.4, -0.2) is 64.8 Å². The maximum absolute atomic E-state index is 14.9. The van der Waals surface area contributed by atoms with Crippen molar-refractivity contribution in [1.82, 2.24) is 14.7 Å². The zero-order valence-corrected chi connectivity index (χ0v) is 24.2. The molecule has 2 saturated heterocycles. The van der Waals surface area contributed by atoms with Crippen LogP contribution in [0.2, 0.25) is 5.02 Å². The van der Waals surface area contributed by atoms with Crippen LogP contribution in [0.5, 0.6) is 0 Å². The van der Waals surface area contributed by atoms with Crippen LogP contribution in [0.25, 0.3) is 0 Å². The number of rotatable bonds is 5. The van der Waals surface area contributed by atoms with E-state index in [1.807, 2.05) is 41.0 Å². The van der Waals surface area contributed by atoms with Crippen molar-refractivity contribution < 1.29 is 18.4 Å². The summed E-state index contributed by atoms with van der Waals surface area (Å²) >= 11 is 6.12. The third kappa shape index (κ3) is 6.80. The van der Waals surface area contributed by atoms with Crippen molar-refractivity contribution in [2.45, 2.75) is 70.9 Å². The molecule has 0 spiro atoms. The highest BCUT2D eigenvalue weighted by molar-refractivity contribution is 6.30. The van der Waals surface area contributed by atoms with E-state index in [-0.39, 0.29) is 29.3 Å². The average Bonchev–Trinajstić information content (AvgIpc) is 3.30. The van der Waals surface area contributed by atoms with E-state index in [4.69, 9.17) is 11.6 Å². The molecule has 2 aliphatic heterocycles. The number of nitrogens with zero attached hydrogens (tertiary/aromatic N) is 3. The third-order valence-corrected chi connectivity index (χ3v) is 8.44. The standard InChI is InChI=1S/C31H40ClF2N3O2/c1-5-7-29(38)37-17-16-35(15-6-8-28(37)21-9-11-22(32)12-10-21)30(39)26-20-36(31(2,3)4)19-25(26)24-14-13-23(33)18-27(24)34/h9-14,18,25-26,28H,5-8,15-17,19-20H2,1-4H3/t25-,26+,28-/m0/s1. The van der Waals surface area contributed by atoms with Gasteiger partial charge in [-0.3, -0.25) is 14.5 Å². The minimum absolute atomic E-state index is 0.0247. The third-order valence-electron chi connectivity index (χ3n) is 8.19. The minimum Gasteiger partial charge on any atom is -0.341 e. The number of carbonyl (C=O) groups excluding carboxylic acids is 2. The molecule has 39 heavy (non-hydrogen) atoms. The fourth-order valence-corrected chi connectivity index (χ4v) is 6.11. The average molecular weight is 560 g/mol. The Morgan fingerprint density at radius 3 is 2.36 bits per heavy atom. The van der Waals surface area contributed by atoms with Gasteiger partial charge in [-0.05, 0) is 69.4 Å². The first kappa shape index (κ1) is 29.5. The van der Waals surface area contributed by atoms with Gasteiger partial charge in [0, 0.05) is 61.7 Å². The fourth-order valence-electron chi connectivity index (χ4n) is 5.99. The van der Waals surface area contributed by atoms with Gasteiger partial charge in [-0.2, -0.15) is 0 Å². The summed E-state index contributed by atoms with van der Waals surface area (Å²) in [5.74, 6) is -2.00. The van der Waals surface area contributed by atoms with E-state index in [1.54, 1.807) is 0 Å². The van der Waals surface area contributed by atoms with Crippen LogP contribution in [-0.2, 0) is 9.59 Å². The number of likely N-dealkylation sites (tertiary alicyclic amines) is 1. The SMILES string of the molecule is CCCC(=O)N1CCN(C(=O)[C@@H]2CN(C(C)(C)C)C[C@H]2c2ccc(F)cc2F)CCC[C@H]1c1ccc(Cl)cc1. The van der Waals surface area contributed by atoms with E-state index in [2.05, 4.69) is 25.7 Å². The van der Waals surface area contributed by atoms with Crippen LogP contribution >= 0.6 is 11.6 Å². The van der Waals surface area contributed by atoms with Crippen LogP contribution in [0.3, 0.4) is 0 Å². The Hall–Kier alpha value is -2.51. The molecule has 0 saturated carbocycles. The molecule has 0 bridgehead atoms. The highest BCUT2D eigenvalue weighted by atomic mass is 35.5. The molecule has 0 aromatic heterocycles. The lowest BCUT2D eigenvalue weighted by Crippen LogP contribution is -2.48. The maximum atomic E-state index is 14.9. The van der Waals surface area contributed by atoms with Gasteiger partial charge in [0.2, 0.25) is 11.8 Å². The zero-order chi connectivity index (χ0) is 28.3. The Bertz CT molecular complexity index is 1170. The van der Waals surface area contributed by atoms with E-state index >= 15 is 0 Å². The number of hydrogen-bond acceptors (Lipinski definition) is 3. The van der Waals surface area contributed by atoms with Gasteiger partial charge in [-0.25, -0.2) is 8.78 Å². The molecule has 4 rings (SSSR count). The van der Waals surface area contributed by atoms with Crippen molar-refractivity contribution in [3.8, 4) is 0 Å². The smallest absolute Gasteiger partial charge is 0.227 e. The number of carbonyl (C=O) groups is 2. The van der Waals surface area contributed by atoms with Crippen LogP contribution < -0.4 is 0 Å². The number of amides is 2. The highest BCUT2D eigenvalue weighted by Gasteiger charge is 2.44. The van der Waals surface area contributed by atoms with Gasteiger partial charge in [-0.15, -0.1) is 0 Å². The second kappa shape index (κ2) is 12.3. The lowest BCUT2D eigenvalue weighted by atomic mass is 9.87. The second-order valence-electron chi connectivity index (χ2n) is 11.8. The summed E-state index contributed by atoms with van der Waals surface area (Å²) in [5.41, 5.74) is 1.23. The van der Waals surface area contributed by atoms with Gasteiger partial charge in [0.1, 0.15) is 11.6 Å². The van der Waals surface area contributed by atoms with Gasteiger partial charge in [-0.1, -0.05) is 36.7 Å². The first-order valence-corrected chi connectivity index (χ1v) is 14.4. The highest BCUT2D eigenvalue weighted by Crippen LogP contribution is 2.39. The van der Waals surface area contributed by atoms with Gasteiger partial charge >= 0.3 is 0 Å². The first-order chi connectivity index (χ1) is 18.5. The Kier molecular flexibility index (Phi) is 9.33. The molecule has 2 fully saturated rings. The zero-order valence-electron chi connectivity index (χ0n) is 23.4. The summed E-state index contributed by atoms with van der Waals surface area (Å²) < 4.78 is 28.6. The molecule has 212 valence electrons. The van der Waals surface area contributed by atoms with Gasteiger partial charge in [0.15, 0.2) is 0 Å². The molecule has 5 nitrogen and oxygen atoms in total. The normalized spacial score (nSPS) is 23.0. The molecular weight excluding hydrogens is 520 g/mol. The van der Waals surface area contributed by atoms with E-state index in [0.717, 1.165) is 30.9 Å². The van der Waals surface area contributed by atoms with E-state index in [1.165, 1.54) is 12.1 Å². The van der Waals surface area contributed by atoms with Crippen molar-refractivity contribution in [3.63, 3.8) is 0 Å². The fraction of sp³-hybridized carbons (Fsp3) is 0.548. The van der Waals surface area contributed by atoms with Gasteiger partial charge in [0.05, 0.1) is 12.0 Å². The van der Waals surface area contributed by atoms with Crippen LogP contribution in [0.1, 0.15) is 76.5 Å². The Morgan fingerprint density at radius 1 is 1.00 bits per heavy atom. The molecule has 0 unspecified atom stereocenters. The molecule has 0 radical (unpaired) electrons. The molecule has 2 heterocycles. The molecule has 3 atom stereocenters. The minimum atomic E-state index is -0.624. The van der Waals surface area contributed by atoms with Gasteiger partial charge < -0.3 is 9.80 Å². The van der Waals surface area contributed by atoms with Crippen molar-refractivity contribution in [3.05, 3.63) is 70.2 Å². The number of hydrogen-bond donors (Lipinski definition) is 0. The quantitative estimate of drug-likeness (QED) is 0.424. The maximum Gasteiger partial charge on any atom is 0.227 e. The summed E-state index contributed by atoms with van der Waals surface area (Å²) in [7, 11) is 0. The van der Waals surface area contributed by atoms with Gasteiger partial charge in [0.25, 0.3) is 0 Å². The van der Waals surface area contributed by atoms with Crippen molar-refractivity contribution in [2.24, 2.45) is 5.92 Å². The predicted octanol–water partition coefficient (Wildman–Crippen LogP) is 6.42. The summed E-state index contributed by atoms with van der Waals surface area (Å²) in [5, 5.41) is 0.654. The molecule has 0 aliphatic carbocycles. The Balaban J connectivity index is 1.58. The molecule has 2 aliphatic rings. The largest absolute Gasteiger partial charge is 0.341 e. The van der Waals surface area contributed by atoms with Crippen molar-refractivity contribution in [1.29, 1.82) is 0 Å². The number of benzene rings is 2. The number of halogens is 3. The summed E-state index contributed by atoms with van der Waals surface area (Å²) in [6.07, 6.45) is 2.67. The van der Waals surface area contributed by atoms with Crippen molar-refractivity contribution >= 4 is 23.4 Å². The lowest BCUT2D eigenvalue weighted by Gasteiger charge is -2.38. The molecule has 2 amide bonds. The predicted molar refractivity (Wildman–Crippen MR) is 151 cm³/mol. The summed E-state index contributed by atoms with van der Waals surface area (Å²) in [6, 6.07) is 11.2.